The highest BCUT2D eigenvalue weighted by molar-refractivity contribution is 6.35. The van der Waals surface area contributed by atoms with Crippen LogP contribution in [0.3, 0.4) is 0 Å². The van der Waals surface area contributed by atoms with Crippen molar-refractivity contribution in [3.8, 4) is 22.9 Å². The second kappa shape index (κ2) is 11.1. The van der Waals surface area contributed by atoms with E-state index in [1.54, 1.807) is 11.2 Å². The van der Waals surface area contributed by atoms with Crippen molar-refractivity contribution < 1.29 is 14.6 Å². The third-order valence-electron chi connectivity index (χ3n) is 9.55. The number of aliphatic hydroxyl groups excluding tert-OH is 1. The second-order valence-electron chi connectivity index (χ2n) is 12.2. The summed E-state index contributed by atoms with van der Waals surface area (Å²) in [6.45, 7) is 12.2. The summed E-state index contributed by atoms with van der Waals surface area (Å²) in [5, 5.41) is 23.1. The highest BCUT2D eigenvalue weighted by Gasteiger charge is 2.46. The molecule has 2 aromatic carbocycles. The topological polar surface area (TPSA) is 112 Å². The van der Waals surface area contributed by atoms with Crippen molar-refractivity contribution in [2.75, 3.05) is 50.8 Å². The fourth-order valence-corrected chi connectivity index (χ4v) is 7.75. The summed E-state index contributed by atoms with van der Waals surface area (Å²) in [5.74, 6) is 0.470. The van der Waals surface area contributed by atoms with Crippen molar-refractivity contribution >= 4 is 39.9 Å². The Morgan fingerprint density at radius 3 is 2.80 bits per heavy atom. The van der Waals surface area contributed by atoms with Crippen LogP contribution in [-0.2, 0) is 4.79 Å². The lowest BCUT2D eigenvalue weighted by Crippen LogP contribution is -2.58. The first-order valence-electron chi connectivity index (χ1n) is 15.3. The number of nitrogens with one attached hydrogen (secondary N) is 1. The minimum absolute atomic E-state index is 0.119. The molecule has 0 bridgehead atoms. The molecule has 0 saturated carbocycles. The first kappa shape index (κ1) is 28.7. The number of fused-ring (bicyclic) bond motifs is 1. The Balaban J connectivity index is 1.43. The van der Waals surface area contributed by atoms with E-state index in [-0.39, 0.29) is 23.6 Å². The molecule has 1 aromatic heterocycles. The predicted octanol–water partition coefficient (Wildman–Crippen LogP) is 4.14. The van der Waals surface area contributed by atoms with Crippen LogP contribution in [0.1, 0.15) is 30.9 Å². The molecule has 2 unspecified atom stereocenters. The number of benzene rings is 2. The fourth-order valence-electron chi connectivity index (χ4n) is 7.47. The quantitative estimate of drug-likeness (QED) is 0.413. The number of ether oxygens (including phenoxy) is 1. The van der Waals surface area contributed by atoms with Crippen molar-refractivity contribution in [3.05, 3.63) is 58.9 Å². The predicted molar refractivity (Wildman–Crippen MR) is 170 cm³/mol. The Morgan fingerprint density at radius 1 is 1.27 bits per heavy atom. The Hall–Kier alpha value is -4.04. The number of likely N-dealkylation sites (tertiary alicyclic amines) is 1. The summed E-state index contributed by atoms with van der Waals surface area (Å²) >= 11 is 7.22. The molecule has 1 amide bonds. The molecule has 0 aliphatic carbocycles. The molecule has 2 N–H and O–H groups in total. The van der Waals surface area contributed by atoms with E-state index in [4.69, 9.17) is 16.3 Å². The normalized spacial score (nSPS) is 23.5. The Morgan fingerprint density at radius 2 is 2.07 bits per heavy atom. The average Bonchev–Trinajstić information content (AvgIpc) is 3.72. The minimum atomic E-state index is -1.17. The zero-order valence-corrected chi connectivity index (χ0v) is 25.8. The van der Waals surface area contributed by atoms with Crippen LogP contribution in [0, 0.1) is 18.3 Å². The molecule has 0 radical (unpaired) electrons. The standard InChI is InChI=1S/C33H36ClN7O3/c1-4-26(42)39-11-12-40(20(3)15-39)30-22-13-24(34)28(27-19(2)7-8-25-29(27)37-18-36-25)32-31(22)41(33(43)23(30)14-35)21(17-44-32)16-38-9-5-6-10-38/h4,7-8,13,18,20-21,33,43H,1,5-6,9-12,15-17H2,2-3H3,(H,36,37)/t20-,21?,33?/m0/s1. The average molecular weight is 614 g/mol. The van der Waals surface area contributed by atoms with E-state index < -0.39 is 6.23 Å². The van der Waals surface area contributed by atoms with Crippen LogP contribution in [-0.4, -0.2) is 99.9 Å². The largest absolute Gasteiger partial charge is 0.488 e. The number of H-pyrrole nitrogens is 1. The molecule has 2 fully saturated rings. The lowest BCUT2D eigenvalue weighted by atomic mass is 9.88. The molecular weight excluding hydrogens is 578 g/mol. The SMILES string of the molecule is C=CC(=O)N1CCN(C2=C(C#N)C(O)N3c4c2cc(Cl)c(-c2c(C)ccc5[nH]cnc25)c4OCC3CN2CCCC2)[C@@H](C)C1. The molecule has 3 atom stereocenters. The van der Waals surface area contributed by atoms with Gasteiger partial charge in [0.2, 0.25) is 5.91 Å². The molecule has 3 aromatic rings. The number of nitrogens with zero attached hydrogens (tertiary/aromatic N) is 6. The van der Waals surface area contributed by atoms with Crippen LogP contribution in [0.2, 0.25) is 5.02 Å². The number of hydrogen-bond acceptors (Lipinski definition) is 8. The van der Waals surface area contributed by atoms with Crippen LogP contribution in [0.15, 0.2) is 42.8 Å². The molecule has 11 heteroatoms. The maximum absolute atomic E-state index is 12.4. The number of aliphatic hydroxyl groups is 1. The van der Waals surface area contributed by atoms with Crippen molar-refractivity contribution in [1.82, 2.24) is 24.7 Å². The van der Waals surface area contributed by atoms with Crippen molar-refractivity contribution in [2.45, 2.75) is 45.0 Å². The fraction of sp³-hybridized carbons (Fsp3) is 0.424. The number of amides is 1. The van der Waals surface area contributed by atoms with Crippen LogP contribution >= 0.6 is 11.6 Å². The smallest absolute Gasteiger partial charge is 0.246 e. The third kappa shape index (κ3) is 4.45. The molecule has 5 heterocycles. The summed E-state index contributed by atoms with van der Waals surface area (Å²) in [4.78, 5) is 28.5. The van der Waals surface area contributed by atoms with Gasteiger partial charge >= 0.3 is 0 Å². The first-order chi connectivity index (χ1) is 21.3. The van der Waals surface area contributed by atoms with Gasteiger partial charge in [-0.15, -0.1) is 0 Å². The molecule has 7 rings (SSSR count). The van der Waals surface area contributed by atoms with Gasteiger partial charge in [-0.2, -0.15) is 5.26 Å². The Labute approximate surface area is 261 Å². The number of anilines is 1. The van der Waals surface area contributed by atoms with Crippen molar-refractivity contribution in [3.63, 3.8) is 0 Å². The van der Waals surface area contributed by atoms with E-state index in [0.29, 0.717) is 49.3 Å². The van der Waals surface area contributed by atoms with E-state index >= 15 is 0 Å². The van der Waals surface area contributed by atoms with Gasteiger partial charge < -0.3 is 34.4 Å². The minimum Gasteiger partial charge on any atom is -0.488 e. The van der Waals surface area contributed by atoms with E-state index in [9.17, 15) is 15.2 Å². The zero-order chi connectivity index (χ0) is 30.7. The lowest BCUT2D eigenvalue weighted by molar-refractivity contribution is -0.128. The number of nitriles is 1. The van der Waals surface area contributed by atoms with E-state index in [1.165, 1.54) is 6.08 Å². The van der Waals surface area contributed by atoms with Gasteiger partial charge in [0, 0.05) is 48.9 Å². The number of carbonyl (C=O) groups is 1. The summed E-state index contributed by atoms with van der Waals surface area (Å²) < 4.78 is 6.69. The van der Waals surface area contributed by atoms with E-state index in [2.05, 4.69) is 32.4 Å². The number of piperazine rings is 1. The highest BCUT2D eigenvalue weighted by Crippen LogP contribution is 2.55. The summed E-state index contributed by atoms with van der Waals surface area (Å²) in [6, 6.07) is 8.03. The molecular formula is C33H36ClN7O3. The number of aromatic amines is 1. The molecule has 10 nitrogen and oxygen atoms in total. The lowest BCUT2D eigenvalue weighted by Gasteiger charge is -2.50. The molecule has 4 aliphatic rings. The number of aryl methyl sites for hydroxylation is 1. The zero-order valence-electron chi connectivity index (χ0n) is 25.0. The Bertz CT molecular complexity index is 1740. The summed E-state index contributed by atoms with van der Waals surface area (Å²) in [6.07, 6.45) is 4.13. The van der Waals surface area contributed by atoms with Crippen LogP contribution in [0.5, 0.6) is 5.75 Å². The number of aromatic nitrogens is 2. The maximum atomic E-state index is 12.4. The monoisotopic (exact) mass is 613 g/mol. The molecule has 2 saturated heterocycles. The molecule has 228 valence electrons. The third-order valence-corrected chi connectivity index (χ3v) is 9.85. The number of halogens is 1. The van der Waals surface area contributed by atoms with Crippen molar-refractivity contribution in [1.29, 1.82) is 5.26 Å². The van der Waals surface area contributed by atoms with E-state index in [0.717, 1.165) is 64.9 Å². The number of hydrogen-bond donors (Lipinski definition) is 2. The van der Waals surface area contributed by atoms with Gasteiger partial charge in [0.25, 0.3) is 0 Å². The van der Waals surface area contributed by atoms with Crippen molar-refractivity contribution in [2.24, 2.45) is 0 Å². The van der Waals surface area contributed by atoms with Gasteiger partial charge in [0.05, 0.1) is 39.8 Å². The Kier molecular flexibility index (Phi) is 7.28. The first-order valence-corrected chi connectivity index (χ1v) is 15.6. The van der Waals surface area contributed by atoms with Crippen LogP contribution in [0.4, 0.5) is 5.69 Å². The van der Waals surface area contributed by atoms with Crippen LogP contribution in [0.25, 0.3) is 27.9 Å². The van der Waals surface area contributed by atoms with Crippen LogP contribution < -0.4 is 9.64 Å². The van der Waals surface area contributed by atoms with Gasteiger partial charge in [0.1, 0.15) is 18.2 Å². The maximum Gasteiger partial charge on any atom is 0.246 e. The molecule has 0 spiro atoms. The summed E-state index contributed by atoms with van der Waals surface area (Å²) in [7, 11) is 0. The number of imidazole rings is 1. The number of rotatable bonds is 5. The highest BCUT2D eigenvalue weighted by atomic mass is 35.5. The van der Waals surface area contributed by atoms with Gasteiger partial charge in [0.15, 0.2) is 12.0 Å². The van der Waals surface area contributed by atoms with Gasteiger partial charge in [-0.3, -0.25) is 4.79 Å². The molecule has 4 aliphatic heterocycles. The second-order valence-corrected chi connectivity index (χ2v) is 12.6. The van der Waals surface area contributed by atoms with E-state index in [1.807, 2.05) is 36.9 Å². The molecule has 44 heavy (non-hydrogen) atoms. The van der Waals surface area contributed by atoms with Gasteiger partial charge in [-0.25, -0.2) is 4.98 Å². The van der Waals surface area contributed by atoms with Gasteiger partial charge in [-0.05, 0) is 63.6 Å². The summed E-state index contributed by atoms with van der Waals surface area (Å²) in [5.41, 5.74) is 6.69. The number of carbonyl (C=O) groups excluding carboxylic acids is 1. The van der Waals surface area contributed by atoms with Gasteiger partial charge in [-0.1, -0.05) is 24.2 Å².